The lowest BCUT2D eigenvalue weighted by Gasteiger charge is -2.42. The van der Waals surface area contributed by atoms with Gasteiger partial charge in [0.05, 0.1) is 0 Å². The number of hydrogen-bond donors (Lipinski definition) is 3. The van der Waals surface area contributed by atoms with Crippen LogP contribution >= 0.6 is 0 Å². The molecule has 4 nitrogen and oxygen atoms in total. The molecule has 1 aliphatic rings. The van der Waals surface area contributed by atoms with Gasteiger partial charge in [0.2, 0.25) is 0 Å². The zero-order valence-corrected chi connectivity index (χ0v) is 11.7. The van der Waals surface area contributed by atoms with Crippen LogP contribution in [0.25, 0.3) is 0 Å². The lowest BCUT2D eigenvalue weighted by Crippen LogP contribution is -2.47. The van der Waals surface area contributed by atoms with Crippen LogP contribution in [0.15, 0.2) is 18.2 Å². The van der Waals surface area contributed by atoms with Crippen LogP contribution < -0.4 is 5.73 Å². The molecule has 0 aliphatic carbocycles. The van der Waals surface area contributed by atoms with Crippen LogP contribution in [-0.2, 0) is 0 Å². The van der Waals surface area contributed by atoms with Crippen LogP contribution in [-0.4, -0.2) is 34.2 Å². The Kier molecular flexibility index (Phi) is 4.32. The standard InChI is InChI=1S/C15H24N2O2/c1-10-3-4-17(13(5-10)9-16)11(2)12-6-14(18)8-15(19)7-12/h6-8,10-11,13,18-19H,3-5,9,16H2,1-2H3. The van der Waals surface area contributed by atoms with Crippen molar-refractivity contribution < 1.29 is 10.2 Å². The van der Waals surface area contributed by atoms with E-state index < -0.39 is 0 Å². The first kappa shape index (κ1) is 14.2. The number of piperidine rings is 1. The molecule has 3 atom stereocenters. The maximum Gasteiger partial charge on any atom is 0.119 e. The Morgan fingerprint density at radius 2 is 1.95 bits per heavy atom. The molecule has 0 aromatic heterocycles. The number of rotatable bonds is 3. The summed E-state index contributed by atoms with van der Waals surface area (Å²) in [6, 6.07) is 5.32. The fourth-order valence-electron chi connectivity index (χ4n) is 3.06. The first-order valence-corrected chi connectivity index (χ1v) is 7.00. The van der Waals surface area contributed by atoms with Crippen LogP contribution in [0.4, 0.5) is 0 Å². The van der Waals surface area contributed by atoms with Crippen LogP contribution in [0.2, 0.25) is 0 Å². The Labute approximate surface area is 114 Å². The third-order valence-electron chi connectivity index (χ3n) is 4.20. The minimum absolute atomic E-state index is 0.108. The number of aromatic hydroxyl groups is 2. The average molecular weight is 264 g/mol. The van der Waals surface area contributed by atoms with Crippen molar-refractivity contribution in [3.63, 3.8) is 0 Å². The molecule has 4 N–H and O–H groups in total. The van der Waals surface area contributed by atoms with Gasteiger partial charge in [-0.2, -0.15) is 0 Å². The van der Waals surface area contributed by atoms with Gasteiger partial charge >= 0.3 is 0 Å². The van der Waals surface area contributed by atoms with Gasteiger partial charge in [-0.05, 0) is 49.9 Å². The van der Waals surface area contributed by atoms with Crippen LogP contribution in [0.5, 0.6) is 11.5 Å². The highest BCUT2D eigenvalue weighted by atomic mass is 16.3. The van der Waals surface area contributed by atoms with Gasteiger partial charge in [-0.3, -0.25) is 4.90 Å². The largest absolute Gasteiger partial charge is 0.508 e. The van der Waals surface area contributed by atoms with E-state index in [4.69, 9.17) is 5.73 Å². The van der Waals surface area contributed by atoms with Crippen molar-refractivity contribution in [2.75, 3.05) is 13.1 Å². The van der Waals surface area contributed by atoms with Crippen molar-refractivity contribution in [1.82, 2.24) is 4.90 Å². The fraction of sp³-hybridized carbons (Fsp3) is 0.600. The summed E-state index contributed by atoms with van der Waals surface area (Å²) < 4.78 is 0. The third-order valence-corrected chi connectivity index (χ3v) is 4.20. The minimum atomic E-state index is 0.108. The summed E-state index contributed by atoms with van der Waals surface area (Å²) in [5.41, 5.74) is 6.83. The van der Waals surface area contributed by atoms with Crippen molar-refractivity contribution in [1.29, 1.82) is 0 Å². The summed E-state index contributed by atoms with van der Waals surface area (Å²) in [6.45, 7) is 6.04. The number of nitrogens with two attached hydrogens (primary N) is 1. The number of hydrogen-bond acceptors (Lipinski definition) is 4. The zero-order valence-electron chi connectivity index (χ0n) is 11.7. The molecule has 2 rings (SSSR count). The molecule has 1 aromatic carbocycles. The molecular formula is C15H24N2O2. The van der Waals surface area contributed by atoms with Crippen molar-refractivity contribution in [2.24, 2.45) is 11.7 Å². The lowest BCUT2D eigenvalue weighted by molar-refractivity contribution is 0.0832. The monoisotopic (exact) mass is 264 g/mol. The predicted octanol–water partition coefficient (Wildman–Crippen LogP) is 2.22. The van der Waals surface area contributed by atoms with Gasteiger partial charge in [0, 0.05) is 24.7 Å². The summed E-state index contributed by atoms with van der Waals surface area (Å²) in [4.78, 5) is 2.38. The van der Waals surface area contributed by atoms with Crippen LogP contribution in [0.3, 0.4) is 0 Å². The second-order valence-corrected chi connectivity index (χ2v) is 5.72. The molecule has 1 aromatic rings. The van der Waals surface area contributed by atoms with Crippen LogP contribution in [0, 0.1) is 5.92 Å². The van der Waals surface area contributed by atoms with Gasteiger partial charge in [0.1, 0.15) is 11.5 Å². The number of likely N-dealkylation sites (tertiary alicyclic amines) is 1. The maximum atomic E-state index is 9.60. The minimum Gasteiger partial charge on any atom is -0.508 e. The fourth-order valence-corrected chi connectivity index (χ4v) is 3.06. The second-order valence-electron chi connectivity index (χ2n) is 5.72. The number of phenolic OH excluding ortho intramolecular Hbond substituents is 2. The first-order valence-electron chi connectivity index (χ1n) is 7.00. The summed E-state index contributed by atoms with van der Waals surface area (Å²) in [5, 5.41) is 19.2. The van der Waals surface area contributed by atoms with E-state index >= 15 is 0 Å². The van der Waals surface area contributed by atoms with Gasteiger partial charge in [0.25, 0.3) is 0 Å². The third kappa shape index (κ3) is 3.19. The van der Waals surface area contributed by atoms with Gasteiger partial charge in [-0.1, -0.05) is 6.92 Å². The molecule has 0 radical (unpaired) electrons. The molecule has 3 unspecified atom stereocenters. The molecule has 1 fully saturated rings. The molecule has 1 heterocycles. The van der Waals surface area contributed by atoms with Gasteiger partial charge in [0.15, 0.2) is 0 Å². The van der Waals surface area contributed by atoms with Gasteiger partial charge < -0.3 is 15.9 Å². The molecule has 1 aliphatic heterocycles. The second kappa shape index (κ2) is 5.80. The Bertz CT molecular complexity index is 416. The van der Waals surface area contributed by atoms with E-state index in [1.54, 1.807) is 12.1 Å². The van der Waals surface area contributed by atoms with E-state index in [1.807, 2.05) is 0 Å². The van der Waals surface area contributed by atoms with E-state index in [9.17, 15) is 10.2 Å². The summed E-state index contributed by atoms with van der Waals surface area (Å²) in [7, 11) is 0. The van der Waals surface area contributed by atoms with E-state index in [1.165, 1.54) is 12.5 Å². The lowest BCUT2D eigenvalue weighted by atomic mass is 9.90. The van der Waals surface area contributed by atoms with E-state index in [-0.39, 0.29) is 17.5 Å². The number of nitrogens with zero attached hydrogens (tertiary/aromatic N) is 1. The zero-order chi connectivity index (χ0) is 14.0. The molecule has 0 bridgehead atoms. The SMILES string of the molecule is CC1CCN(C(C)c2cc(O)cc(O)c2)C(CN)C1. The Balaban J connectivity index is 2.19. The molecule has 19 heavy (non-hydrogen) atoms. The molecular weight excluding hydrogens is 240 g/mol. The molecule has 1 saturated heterocycles. The van der Waals surface area contributed by atoms with E-state index in [0.717, 1.165) is 24.4 Å². The maximum absolute atomic E-state index is 9.60. The first-order chi connectivity index (χ1) is 9.01. The van der Waals surface area contributed by atoms with Crippen molar-refractivity contribution in [3.05, 3.63) is 23.8 Å². The van der Waals surface area contributed by atoms with E-state index in [0.29, 0.717) is 12.6 Å². The number of benzene rings is 1. The van der Waals surface area contributed by atoms with Gasteiger partial charge in [-0.25, -0.2) is 0 Å². The highest BCUT2D eigenvalue weighted by Crippen LogP contribution is 2.33. The molecule has 4 heteroatoms. The highest BCUT2D eigenvalue weighted by molar-refractivity contribution is 5.38. The summed E-state index contributed by atoms with van der Waals surface area (Å²) in [5.74, 6) is 0.933. The quantitative estimate of drug-likeness (QED) is 0.783. The Morgan fingerprint density at radius 3 is 2.53 bits per heavy atom. The topological polar surface area (TPSA) is 69.7 Å². The molecule has 106 valence electrons. The molecule has 0 saturated carbocycles. The molecule has 0 amide bonds. The summed E-state index contributed by atoms with van der Waals surface area (Å²) in [6.07, 6.45) is 2.29. The molecule has 0 spiro atoms. The smallest absolute Gasteiger partial charge is 0.119 e. The Morgan fingerprint density at radius 1 is 1.32 bits per heavy atom. The normalized spacial score (nSPS) is 26.3. The van der Waals surface area contributed by atoms with Gasteiger partial charge in [-0.15, -0.1) is 0 Å². The summed E-state index contributed by atoms with van der Waals surface area (Å²) >= 11 is 0. The van der Waals surface area contributed by atoms with Crippen molar-refractivity contribution in [3.8, 4) is 11.5 Å². The van der Waals surface area contributed by atoms with Crippen molar-refractivity contribution in [2.45, 2.75) is 38.8 Å². The number of phenols is 2. The van der Waals surface area contributed by atoms with E-state index in [2.05, 4.69) is 18.7 Å². The average Bonchev–Trinajstić information content (AvgIpc) is 2.36. The predicted molar refractivity (Wildman–Crippen MR) is 76.1 cm³/mol. The Hall–Kier alpha value is -1.26. The van der Waals surface area contributed by atoms with Crippen LogP contribution in [0.1, 0.15) is 38.3 Å². The highest BCUT2D eigenvalue weighted by Gasteiger charge is 2.29. The van der Waals surface area contributed by atoms with Crippen molar-refractivity contribution >= 4 is 0 Å².